The third-order valence-corrected chi connectivity index (χ3v) is 10.0. The zero-order valence-electron chi connectivity index (χ0n) is 22.8. The van der Waals surface area contributed by atoms with Crippen LogP contribution in [-0.2, 0) is 4.74 Å². The van der Waals surface area contributed by atoms with E-state index >= 15 is 0 Å². The number of nitrogens with one attached hydrogen (secondary N) is 1. The van der Waals surface area contributed by atoms with Crippen LogP contribution in [0.4, 0.5) is 23.3 Å². The lowest BCUT2D eigenvalue weighted by molar-refractivity contribution is 0.177. The number of thiazole rings is 1. The zero-order valence-corrected chi connectivity index (χ0v) is 23.6. The molecule has 0 spiro atoms. The normalized spacial score (nSPS) is 25.9. The lowest BCUT2D eigenvalue weighted by Gasteiger charge is -2.33. The summed E-state index contributed by atoms with van der Waals surface area (Å²) in [5.74, 6) is 3.57. The summed E-state index contributed by atoms with van der Waals surface area (Å²) in [6.45, 7) is 11.3. The molecular weight excluding hydrogens is 522 g/mol. The Labute approximate surface area is 237 Å². The van der Waals surface area contributed by atoms with Crippen LogP contribution in [0.3, 0.4) is 0 Å². The largest absolute Gasteiger partial charge is 0.381 e. The first-order valence-electron chi connectivity index (χ1n) is 14.3. The van der Waals surface area contributed by atoms with Gasteiger partial charge in [0.1, 0.15) is 16.6 Å². The van der Waals surface area contributed by atoms with E-state index in [2.05, 4.69) is 43.0 Å². The number of hydrogen-bond acceptors (Lipinski definition) is 11. The minimum Gasteiger partial charge on any atom is -0.381 e. The first kappa shape index (κ1) is 24.4. The highest BCUT2D eigenvalue weighted by Crippen LogP contribution is 2.36. The summed E-state index contributed by atoms with van der Waals surface area (Å²) in [5, 5.41) is 4.37. The number of aryl methyl sites for hydroxylation is 1. The molecule has 8 rings (SSSR count). The minimum absolute atomic E-state index is 0.495. The molecule has 0 radical (unpaired) electrons. The summed E-state index contributed by atoms with van der Waals surface area (Å²) < 4.78 is 6.70. The SMILES string of the molecule is CCN1C[C@@H]2C[C@H]1CN2c1nc(C)cc(Nc2cc3nc(-c4cncc(N5C[C@H]6COC[C@H]6C5)c4)sc3cn2)n1. The van der Waals surface area contributed by atoms with Gasteiger partial charge in [-0.2, -0.15) is 4.98 Å². The number of piperazine rings is 1. The maximum Gasteiger partial charge on any atom is 0.227 e. The number of pyridine rings is 2. The van der Waals surface area contributed by atoms with E-state index in [0.717, 1.165) is 95.7 Å². The van der Waals surface area contributed by atoms with Crippen molar-refractivity contribution < 1.29 is 4.74 Å². The summed E-state index contributed by atoms with van der Waals surface area (Å²) in [6, 6.07) is 7.30. The monoisotopic (exact) mass is 555 g/mol. The summed E-state index contributed by atoms with van der Waals surface area (Å²) >= 11 is 1.65. The molecule has 4 aliphatic rings. The van der Waals surface area contributed by atoms with Gasteiger partial charge in [0.15, 0.2) is 0 Å². The van der Waals surface area contributed by atoms with E-state index in [1.54, 1.807) is 11.3 Å². The lowest BCUT2D eigenvalue weighted by Crippen LogP contribution is -2.46. The minimum atomic E-state index is 0.495. The van der Waals surface area contributed by atoms with Crippen LogP contribution in [-0.4, -0.2) is 87.8 Å². The quantitative estimate of drug-likeness (QED) is 0.377. The van der Waals surface area contributed by atoms with Crippen molar-refractivity contribution in [1.82, 2.24) is 29.8 Å². The van der Waals surface area contributed by atoms with Gasteiger partial charge in [-0.05, 0) is 26.0 Å². The topological polar surface area (TPSA) is 95.4 Å². The molecule has 4 aromatic heterocycles. The van der Waals surface area contributed by atoms with Crippen LogP contribution in [0.1, 0.15) is 19.0 Å². The van der Waals surface area contributed by atoms with Gasteiger partial charge in [-0.25, -0.2) is 15.0 Å². The fourth-order valence-corrected chi connectivity index (χ4v) is 7.80. The van der Waals surface area contributed by atoms with Gasteiger partial charge in [-0.3, -0.25) is 9.88 Å². The number of ether oxygens (including phenoxy) is 1. The molecule has 4 atom stereocenters. The number of aromatic nitrogens is 5. The molecule has 8 heterocycles. The highest BCUT2D eigenvalue weighted by atomic mass is 32.1. The third kappa shape index (κ3) is 4.27. The average Bonchev–Trinajstić information content (AvgIpc) is 3.78. The van der Waals surface area contributed by atoms with Crippen LogP contribution in [0, 0.1) is 18.8 Å². The van der Waals surface area contributed by atoms with Crippen LogP contribution < -0.4 is 15.1 Å². The van der Waals surface area contributed by atoms with Gasteiger partial charge in [0.25, 0.3) is 0 Å². The van der Waals surface area contributed by atoms with E-state index in [1.807, 2.05) is 37.6 Å². The van der Waals surface area contributed by atoms with Crippen molar-refractivity contribution in [2.45, 2.75) is 32.4 Å². The van der Waals surface area contributed by atoms with Crippen LogP contribution in [0.2, 0.25) is 0 Å². The number of likely N-dealkylation sites (N-methyl/N-ethyl adjacent to an activating group) is 1. The summed E-state index contributed by atoms with van der Waals surface area (Å²) in [4.78, 5) is 31.3. The van der Waals surface area contributed by atoms with E-state index in [0.29, 0.717) is 23.9 Å². The maximum atomic E-state index is 5.65. The number of rotatable bonds is 6. The summed E-state index contributed by atoms with van der Waals surface area (Å²) in [6.07, 6.45) is 6.97. The van der Waals surface area contributed by atoms with Gasteiger partial charge in [-0.15, -0.1) is 11.3 Å². The molecule has 4 fully saturated rings. The molecule has 2 bridgehead atoms. The van der Waals surface area contributed by atoms with Crippen LogP contribution in [0.5, 0.6) is 0 Å². The van der Waals surface area contributed by atoms with Crippen molar-refractivity contribution >= 4 is 44.8 Å². The van der Waals surface area contributed by atoms with E-state index in [4.69, 9.17) is 19.7 Å². The first-order chi connectivity index (χ1) is 19.6. The third-order valence-electron chi connectivity index (χ3n) is 8.97. The van der Waals surface area contributed by atoms with Gasteiger partial charge < -0.3 is 19.9 Å². The Morgan fingerprint density at radius 2 is 1.82 bits per heavy atom. The van der Waals surface area contributed by atoms with Crippen LogP contribution in [0.15, 0.2) is 36.8 Å². The fraction of sp³-hybridized carbons (Fsp3) is 0.483. The number of likely N-dealkylation sites (tertiary alicyclic amines) is 1. The van der Waals surface area contributed by atoms with Crippen molar-refractivity contribution in [1.29, 1.82) is 0 Å². The molecule has 0 amide bonds. The highest BCUT2D eigenvalue weighted by Gasteiger charge is 2.43. The number of fused-ring (bicyclic) bond motifs is 4. The van der Waals surface area contributed by atoms with E-state index in [1.165, 1.54) is 6.42 Å². The van der Waals surface area contributed by atoms with Crippen LogP contribution in [0.25, 0.3) is 20.8 Å². The van der Waals surface area contributed by atoms with E-state index < -0.39 is 0 Å². The molecule has 4 aromatic rings. The van der Waals surface area contributed by atoms with Crippen molar-refractivity contribution in [3.05, 3.63) is 42.5 Å². The van der Waals surface area contributed by atoms with Gasteiger partial charge in [0.05, 0.1) is 35.3 Å². The second-order valence-corrected chi connectivity index (χ2v) is 12.6. The zero-order chi connectivity index (χ0) is 26.8. The number of nitrogens with zero attached hydrogens (tertiary/aromatic N) is 8. The molecular formula is C29H33N9OS. The van der Waals surface area contributed by atoms with E-state index in [-0.39, 0.29) is 0 Å². The lowest BCUT2D eigenvalue weighted by atomic mass is 10.0. The van der Waals surface area contributed by atoms with E-state index in [9.17, 15) is 0 Å². The van der Waals surface area contributed by atoms with Gasteiger partial charge in [0.2, 0.25) is 5.95 Å². The van der Waals surface area contributed by atoms with Crippen molar-refractivity contribution in [3.8, 4) is 10.6 Å². The Morgan fingerprint density at radius 3 is 2.62 bits per heavy atom. The van der Waals surface area contributed by atoms with Gasteiger partial charge in [0, 0.05) is 85.9 Å². The molecule has 206 valence electrons. The predicted molar refractivity (Wildman–Crippen MR) is 157 cm³/mol. The van der Waals surface area contributed by atoms with Gasteiger partial charge >= 0.3 is 0 Å². The molecule has 0 aliphatic carbocycles. The summed E-state index contributed by atoms with van der Waals surface area (Å²) in [7, 11) is 0. The summed E-state index contributed by atoms with van der Waals surface area (Å²) in [5.41, 5.74) is 4.06. The van der Waals surface area contributed by atoms with Crippen molar-refractivity contribution in [3.63, 3.8) is 0 Å². The second kappa shape index (κ2) is 9.60. The molecule has 11 heteroatoms. The van der Waals surface area contributed by atoms with Crippen LogP contribution >= 0.6 is 11.3 Å². The molecule has 0 saturated carbocycles. The Bertz CT molecular complexity index is 1560. The number of anilines is 4. The maximum absolute atomic E-state index is 5.65. The predicted octanol–water partition coefficient (Wildman–Crippen LogP) is 3.96. The average molecular weight is 556 g/mol. The molecule has 4 saturated heterocycles. The first-order valence-corrected chi connectivity index (χ1v) is 15.1. The number of hydrogen-bond donors (Lipinski definition) is 1. The Morgan fingerprint density at radius 1 is 0.950 bits per heavy atom. The fourth-order valence-electron chi connectivity index (χ4n) is 6.90. The molecule has 0 unspecified atom stereocenters. The smallest absolute Gasteiger partial charge is 0.227 e. The highest BCUT2D eigenvalue weighted by molar-refractivity contribution is 7.21. The molecule has 10 nitrogen and oxygen atoms in total. The Hall–Kier alpha value is -3.41. The van der Waals surface area contributed by atoms with Crippen molar-refractivity contribution in [2.24, 2.45) is 11.8 Å². The second-order valence-electron chi connectivity index (χ2n) is 11.6. The van der Waals surface area contributed by atoms with Gasteiger partial charge in [-0.1, -0.05) is 6.92 Å². The molecule has 1 N–H and O–H groups in total. The molecule has 4 aliphatic heterocycles. The Kier molecular flexibility index (Phi) is 5.86. The van der Waals surface area contributed by atoms with Crippen molar-refractivity contribution in [2.75, 3.05) is 61.1 Å². The Balaban J connectivity index is 1.02. The molecule has 0 aromatic carbocycles. The molecule has 40 heavy (non-hydrogen) atoms. The standard InChI is InChI=1S/C29H33N9OS/c1-3-36-13-23-6-22(36)14-38(23)29-32-17(2)4-27(35-29)34-26-7-24-25(10-31-26)40-28(33-24)18-5-21(9-30-8-18)37-11-19-15-39-16-20(19)12-37/h4-5,7-10,19-20,22-23H,3,6,11-16H2,1-2H3,(H,31,32,34,35)/t19-,20+,22-,23-/m0/s1.